The fraction of sp³-hybridized carbons (Fsp3) is 0.333. The Morgan fingerprint density at radius 3 is 2.57 bits per heavy atom. The van der Waals surface area contributed by atoms with Crippen LogP contribution in [0.5, 0.6) is 0 Å². The summed E-state index contributed by atoms with van der Waals surface area (Å²) in [7, 11) is 0. The molecule has 0 radical (unpaired) electrons. The molecular formula is C9H9BrF2N2. The molecule has 2 N–H and O–H groups in total. The Kier molecular flexibility index (Phi) is 2.69. The molecule has 0 atom stereocenters. The van der Waals surface area contributed by atoms with E-state index in [9.17, 15) is 8.78 Å². The second kappa shape index (κ2) is 3.82. The summed E-state index contributed by atoms with van der Waals surface area (Å²) in [5.41, 5.74) is 0.331. The van der Waals surface area contributed by atoms with Crippen LogP contribution in [0.2, 0.25) is 0 Å². The Morgan fingerprint density at radius 1 is 1.36 bits per heavy atom. The highest BCUT2D eigenvalue weighted by molar-refractivity contribution is 9.10. The van der Waals surface area contributed by atoms with E-state index in [1.165, 1.54) is 6.07 Å². The summed E-state index contributed by atoms with van der Waals surface area (Å²) in [4.78, 5) is 0. The topological polar surface area (TPSA) is 24.1 Å². The van der Waals surface area contributed by atoms with E-state index in [1.807, 2.05) is 0 Å². The van der Waals surface area contributed by atoms with Gasteiger partial charge in [0.25, 0.3) is 0 Å². The van der Waals surface area contributed by atoms with Gasteiger partial charge in [-0.15, -0.1) is 0 Å². The van der Waals surface area contributed by atoms with Crippen molar-refractivity contribution in [2.45, 2.75) is 6.04 Å². The first-order chi connectivity index (χ1) is 6.66. The molecule has 0 aliphatic carbocycles. The molecule has 0 saturated carbocycles. The molecule has 1 saturated heterocycles. The lowest BCUT2D eigenvalue weighted by atomic mass is 10.1. The number of benzene rings is 1. The molecule has 76 valence electrons. The van der Waals surface area contributed by atoms with Gasteiger partial charge in [-0.05, 0) is 22.0 Å². The van der Waals surface area contributed by atoms with Gasteiger partial charge in [0, 0.05) is 23.6 Å². The van der Waals surface area contributed by atoms with Crippen molar-refractivity contribution in [3.05, 3.63) is 28.2 Å². The number of hydrogen-bond donors (Lipinski definition) is 2. The maximum atomic E-state index is 13.3. The summed E-state index contributed by atoms with van der Waals surface area (Å²) in [6.45, 7) is 1.62. The van der Waals surface area contributed by atoms with Crippen molar-refractivity contribution in [3.8, 4) is 0 Å². The lowest BCUT2D eigenvalue weighted by Crippen LogP contribution is -2.51. The van der Waals surface area contributed by atoms with Crippen LogP contribution in [-0.4, -0.2) is 19.1 Å². The molecule has 0 unspecified atom stereocenters. The number of nitrogens with one attached hydrogen (secondary N) is 2. The molecule has 0 bridgehead atoms. The minimum absolute atomic E-state index is 0.228. The fourth-order valence-corrected chi connectivity index (χ4v) is 1.80. The van der Waals surface area contributed by atoms with Crippen molar-refractivity contribution in [3.63, 3.8) is 0 Å². The van der Waals surface area contributed by atoms with Crippen LogP contribution in [0, 0.1) is 11.6 Å². The molecule has 1 aliphatic rings. The Balaban J connectivity index is 2.22. The van der Waals surface area contributed by atoms with Gasteiger partial charge in [-0.25, -0.2) is 8.78 Å². The minimum atomic E-state index is -0.577. The number of halogens is 3. The van der Waals surface area contributed by atoms with Crippen LogP contribution < -0.4 is 10.6 Å². The van der Waals surface area contributed by atoms with E-state index in [2.05, 4.69) is 26.6 Å². The number of hydrogen-bond acceptors (Lipinski definition) is 2. The summed E-state index contributed by atoms with van der Waals surface area (Å²) in [5, 5.41) is 6.05. The van der Waals surface area contributed by atoms with Gasteiger partial charge in [0.2, 0.25) is 0 Å². The van der Waals surface area contributed by atoms with Crippen molar-refractivity contribution in [1.29, 1.82) is 0 Å². The van der Waals surface area contributed by atoms with Crippen LogP contribution in [0.25, 0.3) is 0 Å². The summed E-state index contributed by atoms with van der Waals surface area (Å²) in [6.07, 6.45) is 0. The van der Waals surface area contributed by atoms with Gasteiger partial charge in [0.1, 0.15) is 11.6 Å². The van der Waals surface area contributed by atoms with E-state index in [4.69, 9.17) is 0 Å². The van der Waals surface area contributed by atoms with Crippen molar-refractivity contribution in [2.75, 3.05) is 18.4 Å². The molecule has 1 aromatic rings. The zero-order valence-electron chi connectivity index (χ0n) is 7.28. The van der Waals surface area contributed by atoms with Crippen molar-refractivity contribution in [1.82, 2.24) is 5.32 Å². The van der Waals surface area contributed by atoms with Crippen molar-refractivity contribution in [2.24, 2.45) is 0 Å². The largest absolute Gasteiger partial charge is 0.376 e. The third-order valence-electron chi connectivity index (χ3n) is 2.14. The van der Waals surface area contributed by atoms with E-state index in [0.717, 1.165) is 19.2 Å². The van der Waals surface area contributed by atoms with Gasteiger partial charge in [-0.3, -0.25) is 0 Å². The zero-order chi connectivity index (χ0) is 10.1. The smallest absolute Gasteiger partial charge is 0.150 e. The first kappa shape index (κ1) is 9.86. The maximum Gasteiger partial charge on any atom is 0.150 e. The van der Waals surface area contributed by atoms with Gasteiger partial charge in [-0.1, -0.05) is 0 Å². The van der Waals surface area contributed by atoms with Gasteiger partial charge < -0.3 is 10.6 Å². The second-order valence-corrected chi connectivity index (χ2v) is 4.10. The molecule has 0 aromatic heterocycles. The summed E-state index contributed by atoms with van der Waals surface area (Å²) >= 11 is 3.12. The van der Waals surface area contributed by atoms with Crippen LogP contribution in [-0.2, 0) is 0 Å². The highest BCUT2D eigenvalue weighted by atomic mass is 79.9. The third-order valence-corrected chi connectivity index (χ3v) is 2.76. The summed E-state index contributed by atoms with van der Waals surface area (Å²) in [5.74, 6) is -1.14. The monoisotopic (exact) mass is 262 g/mol. The molecule has 0 amide bonds. The molecule has 5 heteroatoms. The normalized spacial score (nSPS) is 16.5. The molecule has 14 heavy (non-hydrogen) atoms. The molecule has 0 spiro atoms. The van der Waals surface area contributed by atoms with Crippen LogP contribution in [0.15, 0.2) is 16.6 Å². The Morgan fingerprint density at radius 2 is 2.07 bits per heavy atom. The maximum absolute atomic E-state index is 13.3. The summed E-state index contributed by atoms with van der Waals surface area (Å²) in [6, 6.07) is 2.35. The van der Waals surface area contributed by atoms with E-state index in [-0.39, 0.29) is 6.04 Å². The lowest BCUT2D eigenvalue weighted by Gasteiger charge is -2.29. The quantitative estimate of drug-likeness (QED) is 0.853. The van der Waals surface area contributed by atoms with Gasteiger partial charge in [-0.2, -0.15) is 0 Å². The molecule has 1 heterocycles. The van der Waals surface area contributed by atoms with E-state index in [1.54, 1.807) is 0 Å². The SMILES string of the molecule is Fc1cc(F)c(NC2CNC2)c(Br)c1. The van der Waals surface area contributed by atoms with E-state index < -0.39 is 11.6 Å². The van der Waals surface area contributed by atoms with Crippen molar-refractivity contribution < 1.29 is 8.78 Å². The molecule has 2 nitrogen and oxygen atoms in total. The zero-order valence-corrected chi connectivity index (χ0v) is 8.87. The molecule has 2 rings (SSSR count). The van der Waals surface area contributed by atoms with Crippen LogP contribution in [0.3, 0.4) is 0 Å². The highest BCUT2D eigenvalue weighted by Gasteiger charge is 2.19. The van der Waals surface area contributed by atoms with Gasteiger partial charge >= 0.3 is 0 Å². The van der Waals surface area contributed by atoms with Crippen LogP contribution in [0.1, 0.15) is 0 Å². The highest BCUT2D eigenvalue weighted by Crippen LogP contribution is 2.27. The summed E-state index contributed by atoms with van der Waals surface area (Å²) < 4.78 is 26.4. The Labute approximate surface area is 88.8 Å². The minimum Gasteiger partial charge on any atom is -0.376 e. The number of rotatable bonds is 2. The predicted octanol–water partition coefficient (Wildman–Crippen LogP) is 2.11. The standard InChI is InChI=1S/C9H9BrF2N2/c10-7-1-5(11)2-8(12)9(7)14-6-3-13-4-6/h1-2,6,13-14H,3-4H2. The predicted molar refractivity (Wildman–Crippen MR) is 54.3 cm³/mol. The lowest BCUT2D eigenvalue weighted by molar-refractivity contribution is 0.468. The fourth-order valence-electron chi connectivity index (χ4n) is 1.27. The first-order valence-corrected chi connectivity index (χ1v) is 5.08. The average molecular weight is 263 g/mol. The molecule has 1 aliphatic heterocycles. The van der Waals surface area contributed by atoms with Gasteiger partial charge in [0.15, 0.2) is 0 Å². The van der Waals surface area contributed by atoms with E-state index >= 15 is 0 Å². The van der Waals surface area contributed by atoms with Crippen LogP contribution >= 0.6 is 15.9 Å². The van der Waals surface area contributed by atoms with Crippen molar-refractivity contribution >= 4 is 21.6 Å². The molecular weight excluding hydrogens is 254 g/mol. The Bertz CT molecular complexity index is 330. The van der Waals surface area contributed by atoms with Gasteiger partial charge in [0.05, 0.1) is 11.7 Å². The van der Waals surface area contributed by atoms with E-state index in [0.29, 0.717) is 10.2 Å². The molecule has 1 aromatic carbocycles. The Hall–Kier alpha value is -0.680. The molecule has 1 fully saturated rings. The average Bonchev–Trinajstić information content (AvgIpc) is 1.98. The number of anilines is 1. The third kappa shape index (κ3) is 1.88. The first-order valence-electron chi connectivity index (χ1n) is 4.28. The second-order valence-electron chi connectivity index (χ2n) is 3.24. The van der Waals surface area contributed by atoms with Crippen LogP contribution in [0.4, 0.5) is 14.5 Å².